The van der Waals surface area contributed by atoms with Gasteiger partial charge in [-0.05, 0) is 61.5 Å². The number of amides is 2. The molecular formula is C25H28N4O2S. The lowest BCUT2D eigenvalue weighted by Gasteiger charge is -2.22. The Morgan fingerprint density at radius 1 is 0.969 bits per heavy atom. The molecule has 0 spiro atoms. The van der Waals surface area contributed by atoms with Crippen molar-refractivity contribution in [1.29, 1.82) is 0 Å². The van der Waals surface area contributed by atoms with Crippen LogP contribution in [0, 0.1) is 0 Å². The third-order valence-corrected chi connectivity index (χ3v) is 6.61. The molecule has 2 aromatic heterocycles. The van der Waals surface area contributed by atoms with Crippen molar-refractivity contribution in [3.05, 3.63) is 82.3 Å². The molecule has 1 aliphatic heterocycles. The highest BCUT2D eigenvalue weighted by Crippen LogP contribution is 2.25. The van der Waals surface area contributed by atoms with E-state index in [9.17, 15) is 9.59 Å². The van der Waals surface area contributed by atoms with Crippen molar-refractivity contribution in [3.63, 3.8) is 0 Å². The van der Waals surface area contributed by atoms with Crippen LogP contribution in [0.3, 0.4) is 0 Å². The van der Waals surface area contributed by atoms with Gasteiger partial charge in [0.2, 0.25) is 0 Å². The number of thiophene rings is 1. The Bertz CT molecular complexity index is 1020. The van der Waals surface area contributed by atoms with Crippen LogP contribution in [0.2, 0.25) is 0 Å². The molecular weight excluding hydrogens is 420 g/mol. The van der Waals surface area contributed by atoms with Crippen LogP contribution in [0.25, 0.3) is 0 Å². The summed E-state index contributed by atoms with van der Waals surface area (Å²) in [5, 5.41) is 4.73. The summed E-state index contributed by atoms with van der Waals surface area (Å²) in [6, 6.07) is 15.7. The molecule has 32 heavy (non-hydrogen) atoms. The number of nitrogens with zero attached hydrogens (tertiary/aromatic N) is 3. The Balaban J connectivity index is 1.30. The summed E-state index contributed by atoms with van der Waals surface area (Å²) < 4.78 is 0. The van der Waals surface area contributed by atoms with Crippen LogP contribution < -0.4 is 5.32 Å². The summed E-state index contributed by atoms with van der Waals surface area (Å²) in [6.45, 7) is 4.38. The lowest BCUT2D eigenvalue weighted by molar-refractivity contribution is 0.0767. The molecule has 0 atom stereocenters. The second-order valence-corrected chi connectivity index (χ2v) is 8.85. The first-order valence-corrected chi connectivity index (χ1v) is 11.9. The number of nitrogens with one attached hydrogen (secondary N) is 1. The summed E-state index contributed by atoms with van der Waals surface area (Å²) in [7, 11) is 0. The predicted molar refractivity (Wildman–Crippen MR) is 128 cm³/mol. The second-order valence-electron chi connectivity index (χ2n) is 7.93. The van der Waals surface area contributed by atoms with E-state index in [1.54, 1.807) is 30.6 Å². The lowest BCUT2D eigenvalue weighted by Crippen LogP contribution is -2.35. The normalized spacial score (nSPS) is 14.7. The summed E-state index contributed by atoms with van der Waals surface area (Å²) in [4.78, 5) is 34.6. The van der Waals surface area contributed by atoms with Crippen molar-refractivity contribution in [2.24, 2.45) is 0 Å². The minimum absolute atomic E-state index is 0.00355. The van der Waals surface area contributed by atoms with E-state index in [1.807, 2.05) is 16.3 Å². The number of hydrogen-bond acceptors (Lipinski definition) is 5. The molecule has 7 heteroatoms. The van der Waals surface area contributed by atoms with Crippen molar-refractivity contribution in [3.8, 4) is 0 Å². The van der Waals surface area contributed by atoms with Gasteiger partial charge in [-0.1, -0.05) is 30.3 Å². The van der Waals surface area contributed by atoms with E-state index in [0.29, 0.717) is 22.7 Å². The molecule has 3 aromatic rings. The van der Waals surface area contributed by atoms with Crippen molar-refractivity contribution in [2.75, 3.05) is 38.0 Å². The zero-order valence-corrected chi connectivity index (χ0v) is 18.9. The minimum Gasteiger partial charge on any atom is -0.337 e. The average Bonchev–Trinajstić information content (AvgIpc) is 3.16. The number of benzene rings is 1. The number of hydrogen-bond donors (Lipinski definition) is 1. The number of rotatable bonds is 7. The van der Waals surface area contributed by atoms with Crippen molar-refractivity contribution >= 4 is 28.8 Å². The predicted octanol–water partition coefficient (Wildman–Crippen LogP) is 4.18. The average molecular weight is 449 g/mol. The first-order chi connectivity index (χ1) is 15.7. The van der Waals surface area contributed by atoms with Crippen LogP contribution in [-0.2, 0) is 6.42 Å². The summed E-state index contributed by atoms with van der Waals surface area (Å²) in [5.41, 5.74) is 2.47. The van der Waals surface area contributed by atoms with Crippen LogP contribution >= 0.6 is 11.3 Å². The molecule has 0 saturated carbocycles. The molecule has 1 fully saturated rings. The first-order valence-electron chi connectivity index (χ1n) is 11.0. The Labute approximate surface area is 192 Å². The molecule has 4 rings (SSSR count). The van der Waals surface area contributed by atoms with E-state index in [4.69, 9.17) is 0 Å². The highest BCUT2D eigenvalue weighted by molar-refractivity contribution is 7.12. The van der Waals surface area contributed by atoms with Gasteiger partial charge in [0.25, 0.3) is 11.8 Å². The monoisotopic (exact) mass is 448 g/mol. The highest BCUT2D eigenvalue weighted by atomic mass is 32.1. The molecule has 2 amide bonds. The number of carbonyl (C=O) groups is 2. The smallest absolute Gasteiger partial charge is 0.266 e. The van der Waals surface area contributed by atoms with Gasteiger partial charge in [-0.3, -0.25) is 14.6 Å². The molecule has 166 valence electrons. The molecule has 0 unspecified atom stereocenters. The summed E-state index contributed by atoms with van der Waals surface area (Å²) >= 11 is 1.38. The number of aryl methyl sites for hydroxylation is 1. The fourth-order valence-corrected chi connectivity index (χ4v) is 4.78. The summed E-state index contributed by atoms with van der Waals surface area (Å²) in [6.07, 6.45) is 6.32. The van der Waals surface area contributed by atoms with Crippen LogP contribution in [0.5, 0.6) is 0 Å². The van der Waals surface area contributed by atoms with E-state index in [2.05, 4.69) is 39.5 Å². The highest BCUT2D eigenvalue weighted by Gasteiger charge is 2.24. The Morgan fingerprint density at radius 2 is 1.78 bits per heavy atom. The standard InChI is InChI=1S/C25H28N4O2S/c30-24(21-9-12-26-13-10-21)27-22-11-19-32-23(22)25(31)29-16-5-15-28(17-18-29)14-4-8-20-6-2-1-3-7-20/h1-3,6-7,9-13,19H,4-5,8,14-18H2,(H,27,30). The van der Waals surface area contributed by atoms with Gasteiger partial charge in [-0.25, -0.2) is 0 Å². The van der Waals surface area contributed by atoms with Gasteiger partial charge in [0, 0.05) is 37.6 Å². The SMILES string of the molecule is O=C(Nc1ccsc1C(=O)N1CCCN(CCCc2ccccc2)CC1)c1ccncc1. The van der Waals surface area contributed by atoms with Crippen LogP contribution in [-0.4, -0.2) is 59.3 Å². The van der Waals surface area contributed by atoms with Gasteiger partial charge in [0.1, 0.15) is 4.88 Å². The molecule has 1 saturated heterocycles. The van der Waals surface area contributed by atoms with Gasteiger partial charge in [0.05, 0.1) is 5.69 Å². The van der Waals surface area contributed by atoms with E-state index in [-0.39, 0.29) is 11.8 Å². The Hall–Kier alpha value is -3.03. The quantitative estimate of drug-likeness (QED) is 0.589. The maximum Gasteiger partial charge on any atom is 0.266 e. The molecule has 6 nitrogen and oxygen atoms in total. The maximum atomic E-state index is 13.2. The molecule has 0 aliphatic carbocycles. The van der Waals surface area contributed by atoms with Gasteiger partial charge in [-0.15, -0.1) is 11.3 Å². The van der Waals surface area contributed by atoms with Crippen molar-refractivity contribution in [2.45, 2.75) is 19.3 Å². The minimum atomic E-state index is -0.236. The number of carbonyl (C=O) groups excluding carboxylic acids is 2. The van der Waals surface area contributed by atoms with E-state index in [1.165, 1.54) is 16.9 Å². The van der Waals surface area contributed by atoms with Gasteiger partial charge in [-0.2, -0.15) is 0 Å². The molecule has 0 radical (unpaired) electrons. The van der Waals surface area contributed by atoms with E-state index in [0.717, 1.165) is 45.4 Å². The van der Waals surface area contributed by atoms with Crippen molar-refractivity contribution < 1.29 is 9.59 Å². The summed E-state index contributed by atoms with van der Waals surface area (Å²) in [5.74, 6) is -0.239. The number of pyridine rings is 1. The maximum absolute atomic E-state index is 13.2. The fourth-order valence-electron chi connectivity index (χ4n) is 3.96. The third-order valence-electron chi connectivity index (χ3n) is 5.71. The zero-order chi connectivity index (χ0) is 22.2. The van der Waals surface area contributed by atoms with E-state index < -0.39 is 0 Å². The molecule has 1 aromatic carbocycles. The number of anilines is 1. The fraction of sp³-hybridized carbons (Fsp3) is 0.320. The molecule has 1 aliphatic rings. The number of aromatic nitrogens is 1. The first kappa shape index (κ1) is 22.2. The topological polar surface area (TPSA) is 65.5 Å². The largest absolute Gasteiger partial charge is 0.337 e. The van der Waals surface area contributed by atoms with E-state index >= 15 is 0 Å². The molecule has 1 N–H and O–H groups in total. The third kappa shape index (κ3) is 5.81. The zero-order valence-electron chi connectivity index (χ0n) is 18.1. The molecule has 3 heterocycles. The van der Waals surface area contributed by atoms with Gasteiger partial charge < -0.3 is 15.1 Å². The van der Waals surface area contributed by atoms with Gasteiger partial charge >= 0.3 is 0 Å². The lowest BCUT2D eigenvalue weighted by atomic mass is 10.1. The Kier molecular flexibility index (Phi) is 7.64. The Morgan fingerprint density at radius 3 is 2.59 bits per heavy atom. The van der Waals surface area contributed by atoms with Crippen LogP contribution in [0.15, 0.2) is 66.3 Å². The molecule has 0 bridgehead atoms. The van der Waals surface area contributed by atoms with Crippen LogP contribution in [0.4, 0.5) is 5.69 Å². The van der Waals surface area contributed by atoms with Crippen LogP contribution in [0.1, 0.15) is 38.4 Å². The van der Waals surface area contributed by atoms with Crippen molar-refractivity contribution in [1.82, 2.24) is 14.8 Å². The van der Waals surface area contributed by atoms with Gasteiger partial charge in [0.15, 0.2) is 0 Å². The second kappa shape index (κ2) is 11.0.